The average molecular weight is 370 g/mol. The van der Waals surface area contributed by atoms with Crippen molar-refractivity contribution in [2.45, 2.75) is 25.6 Å². The molecule has 112 valence electrons. The van der Waals surface area contributed by atoms with E-state index in [1.807, 2.05) is 24.3 Å². The molecule has 1 atom stereocenters. The van der Waals surface area contributed by atoms with Gasteiger partial charge in [-0.3, -0.25) is 4.90 Å². The summed E-state index contributed by atoms with van der Waals surface area (Å²) in [5.74, 6) is 0.519. The maximum Gasteiger partial charge on any atom is 0.288 e. The Balaban J connectivity index is 1.78. The third-order valence-corrected chi connectivity index (χ3v) is 4.33. The number of hydrogen-bond acceptors (Lipinski definition) is 5. The van der Waals surface area contributed by atoms with Crippen LogP contribution in [-0.2, 0) is 6.67 Å². The smallest absolute Gasteiger partial charge is 0.288 e. The molecule has 3 rings (SSSR count). The highest BCUT2D eigenvalue weighted by molar-refractivity contribution is 9.10. The maximum absolute atomic E-state index is 9.71. The van der Waals surface area contributed by atoms with Gasteiger partial charge in [-0.25, -0.2) is 4.68 Å². The van der Waals surface area contributed by atoms with Gasteiger partial charge in [0.05, 0.1) is 12.8 Å². The highest BCUT2D eigenvalue weighted by atomic mass is 79.9. The zero-order chi connectivity index (χ0) is 14.8. The van der Waals surface area contributed by atoms with E-state index in [-0.39, 0.29) is 6.10 Å². The van der Waals surface area contributed by atoms with Crippen LogP contribution in [0.2, 0.25) is 0 Å². The van der Waals surface area contributed by atoms with E-state index in [9.17, 15) is 5.11 Å². The van der Waals surface area contributed by atoms with Gasteiger partial charge in [-0.2, -0.15) is 0 Å². The number of aromatic nitrogens is 2. The molecule has 5 nitrogen and oxygen atoms in total. The van der Waals surface area contributed by atoms with Gasteiger partial charge in [-0.05, 0) is 49.3 Å². The molecular weight excluding hydrogens is 354 g/mol. The zero-order valence-electron chi connectivity index (χ0n) is 11.4. The first-order valence-corrected chi connectivity index (χ1v) is 8.06. The van der Waals surface area contributed by atoms with Crippen molar-refractivity contribution in [1.29, 1.82) is 0 Å². The number of aliphatic hydroxyl groups excluding tert-OH is 1. The summed E-state index contributed by atoms with van der Waals surface area (Å²) in [6.45, 7) is 2.15. The number of hydrogen-bond donors (Lipinski definition) is 1. The van der Waals surface area contributed by atoms with E-state index in [1.54, 1.807) is 4.68 Å². The summed E-state index contributed by atoms with van der Waals surface area (Å²) in [7, 11) is 0. The summed E-state index contributed by atoms with van der Waals surface area (Å²) in [5.41, 5.74) is 0.890. The van der Waals surface area contributed by atoms with Crippen LogP contribution in [0.3, 0.4) is 0 Å². The van der Waals surface area contributed by atoms with E-state index < -0.39 is 0 Å². The second-order valence-corrected chi connectivity index (χ2v) is 6.46. The van der Waals surface area contributed by atoms with Crippen molar-refractivity contribution in [3.05, 3.63) is 33.6 Å². The summed E-state index contributed by atoms with van der Waals surface area (Å²) >= 11 is 8.63. The molecule has 2 heterocycles. The minimum Gasteiger partial charge on any atom is -0.409 e. The molecule has 1 aromatic carbocycles. The summed E-state index contributed by atoms with van der Waals surface area (Å²) in [6.07, 6.45) is 1.60. The van der Waals surface area contributed by atoms with Gasteiger partial charge >= 0.3 is 0 Å². The maximum atomic E-state index is 9.71. The van der Waals surface area contributed by atoms with Gasteiger partial charge < -0.3 is 9.52 Å². The van der Waals surface area contributed by atoms with Crippen molar-refractivity contribution in [2.24, 2.45) is 0 Å². The SMILES string of the molecule is O[C@H]1CCCN(Cn2nc(-c3ccc(Br)cc3)oc2=S)C1. The molecule has 2 aromatic rings. The lowest BCUT2D eigenvalue weighted by Crippen LogP contribution is -2.39. The first kappa shape index (κ1) is 14.9. The van der Waals surface area contributed by atoms with Crippen molar-refractivity contribution in [3.63, 3.8) is 0 Å². The largest absolute Gasteiger partial charge is 0.409 e. The van der Waals surface area contributed by atoms with E-state index in [1.165, 1.54) is 0 Å². The molecule has 1 N–H and O–H groups in total. The molecule has 1 saturated heterocycles. The number of rotatable bonds is 3. The fraction of sp³-hybridized carbons (Fsp3) is 0.429. The summed E-state index contributed by atoms with van der Waals surface area (Å²) in [6, 6.07) is 7.74. The fourth-order valence-corrected chi connectivity index (χ4v) is 2.90. The first-order valence-electron chi connectivity index (χ1n) is 6.86. The van der Waals surface area contributed by atoms with E-state index in [0.29, 0.717) is 23.9 Å². The van der Waals surface area contributed by atoms with E-state index in [2.05, 4.69) is 25.9 Å². The molecule has 1 fully saturated rings. The van der Waals surface area contributed by atoms with Gasteiger partial charge in [0.15, 0.2) is 0 Å². The molecule has 1 aliphatic rings. The third kappa shape index (κ3) is 3.60. The molecule has 0 saturated carbocycles. The fourth-order valence-electron chi connectivity index (χ4n) is 2.45. The molecule has 0 aliphatic carbocycles. The molecule has 0 bridgehead atoms. The van der Waals surface area contributed by atoms with Crippen LogP contribution in [-0.4, -0.2) is 39.0 Å². The number of nitrogens with zero attached hydrogens (tertiary/aromatic N) is 3. The zero-order valence-corrected chi connectivity index (χ0v) is 13.8. The van der Waals surface area contributed by atoms with Crippen LogP contribution in [0.1, 0.15) is 12.8 Å². The molecule has 1 aromatic heterocycles. The van der Waals surface area contributed by atoms with Gasteiger partial charge in [0.25, 0.3) is 4.84 Å². The summed E-state index contributed by atoms with van der Waals surface area (Å²) < 4.78 is 8.25. The van der Waals surface area contributed by atoms with Crippen molar-refractivity contribution in [1.82, 2.24) is 14.7 Å². The Morgan fingerprint density at radius 1 is 1.38 bits per heavy atom. The van der Waals surface area contributed by atoms with Crippen molar-refractivity contribution >= 4 is 28.1 Å². The number of aliphatic hydroxyl groups is 1. The average Bonchev–Trinajstić information content (AvgIpc) is 2.81. The molecule has 0 radical (unpaired) electrons. The van der Waals surface area contributed by atoms with Crippen molar-refractivity contribution in [2.75, 3.05) is 13.1 Å². The number of halogens is 1. The van der Waals surface area contributed by atoms with Crippen LogP contribution in [0.15, 0.2) is 33.2 Å². The number of piperidine rings is 1. The first-order chi connectivity index (χ1) is 10.1. The van der Waals surface area contributed by atoms with Crippen LogP contribution in [0.25, 0.3) is 11.5 Å². The predicted octanol–water partition coefficient (Wildman–Crippen LogP) is 3.05. The topological polar surface area (TPSA) is 54.4 Å². The Bertz CT molecular complexity index is 668. The van der Waals surface area contributed by atoms with Gasteiger partial charge in [0, 0.05) is 23.1 Å². The molecule has 21 heavy (non-hydrogen) atoms. The molecule has 0 unspecified atom stereocenters. The molecule has 0 spiro atoms. The summed E-state index contributed by atoms with van der Waals surface area (Å²) in [4.78, 5) is 2.49. The normalized spacial score (nSPS) is 19.8. The van der Waals surface area contributed by atoms with Crippen LogP contribution in [0.5, 0.6) is 0 Å². The van der Waals surface area contributed by atoms with E-state index >= 15 is 0 Å². The lowest BCUT2D eigenvalue weighted by atomic mass is 10.1. The van der Waals surface area contributed by atoms with E-state index in [4.69, 9.17) is 16.6 Å². The van der Waals surface area contributed by atoms with Crippen molar-refractivity contribution < 1.29 is 9.52 Å². The van der Waals surface area contributed by atoms with Gasteiger partial charge in [-0.15, -0.1) is 5.10 Å². The standard InChI is InChI=1S/C14H16BrN3O2S/c15-11-5-3-10(4-6-11)13-16-18(14(21)20-13)9-17-7-1-2-12(19)8-17/h3-6,12,19H,1-2,7-9H2/t12-/m0/s1. The monoisotopic (exact) mass is 369 g/mol. The van der Waals surface area contributed by atoms with Crippen molar-refractivity contribution in [3.8, 4) is 11.5 Å². The lowest BCUT2D eigenvalue weighted by molar-refractivity contribution is 0.0509. The quantitative estimate of drug-likeness (QED) is 0.842. The number of β-amino-alcohol motifs (C(OH)–C–C–N with tert-alkyl or cyclic N) is 1. The molecular formula is C14H16BrN3O2S. The Labute approximate surface area is 136 Å². The number of benzene rings is 1. The Morgan fingerprint density at radius 3 is 2.86 bits per heavy atom. The minimum atomic E-state index is -0.259. The predicted molar refractivity (Wildman–Crippen MR) is 85.3 cm³/mol. The third-order valence-electron chi connectivity index (χ3n) is 3.51. The van der Waals surface area contributed by atoms with E-state index in [0.717, 1.165) is 29.4 Å². The summed E-state index contributed by atoms with van der Waals surface area (Å²) in [5, 5.41) is 14.1. The highest BCUT2D eigenvalue weighted by Gasteiger charge is 2.19. The van der Waals surface area contributed by atoms with Crippen LogP contribution < -0.4 is 0 Å². The van der Waals surface area contributed by atoms with Gasteiger partial charge in [0.1, 0.15) is 0 Å². The Kier molecular flexibility index (Phi) is 4.54. The molecule has 1 aliphatic heterocycles. The second-order valence-electron chi connectivity index (χ2n) is 5.19. The van der Waals surface area contributed by atoms with Gasteiger partial charge in [-0.1, -0.05) is 15.9 Å². The van der Waals surface area contributed by atoms with Crippen LogP contribution in [0.4, 0.5) is 0 Å². The second kappa shape index (κ2) is 6.39. The minimum absolute atomic E-state index is 0.259. The Hall–Kier alpha value is -1.02. The number of likely N-dealkylation sites (tertiary alicyclic amines) is 1. The van der Waals surface area contributed by atoms with Crippen LogP contribution >= 0.6 is 28.1 Å². The molecule has 0 amide bonds. The van der Waals surface area contributed by atoms with Gasteiger partial charge in [0.2, 0.25) is 5.89 Å². The Morgan fingerprint density at radius 2 is 2.14 bits per heavy atom. The lowest BCUT2D eigenvalue weighted by Gasteiger charge is -2.29. The highest BCUT2D eigenvalue weighted by Crippen LogP contribution is 2.21. The van der Waals surface area contributed by atoms with Crippen LogP contribution in [0, 0.1) is 4.84 Å². The molecule has 7 heteroatoms.